The van der Waals surface area contributed by atoms with E-state index >= 15 is 0 Å². The summed E-state index contributed by atoms with van der Waals surface area (Å²) < 4.78 is 0. The number of benzene rings is 1. The minimum absolute atomic E-state index is 0.261. The van der Waals surface area contributed by atoms with Crippen LogP contribution in [0.5, 0.6) is 0 Å². The molecule has 1 N–H and O–H groups in total. The number of amidine groups is 1. The van der Waals surface area contributed by atoms with Crippen molar-refractivity contribution < 1.29 is 4.79 Å². The predicted octanol–water partition coefficient (Wildman–Crippen LogP) is 1.70. The zero-order valence-corrected chi connectivity index (χ0v) is 10.7. The van der Waals surface area contributed by atoms with E-state index in [0.717, 1.165) is 31.6 Å². The Morgan fingerprint density at radius 1 is 1.21 bits per heavy atom. The first-order chi connectivity index (χ1) is 9.33. The van der Waals surface area contributed by atoms with Crippen molar-refractivity contribution in [2.45, 2.75) is 31.3 Å². The van der Waals surface area contributed by atoms with Gasteiger partial charge in [-0.05, 0) is 24.8 Å². The van der Waals surface area contributed by atoms with Crippen molar-refractivity contribution in [2.75, 3.05) is 6.54 Å². The van der Waals surface area contributed by atoms with Crippen LogP contribution in [0, 0.1) is 5.92 Å². The number of carbonyl (C=O) groups excluding carboxylic acids is 1. The SMILES string of the molecule is O=C(C1CC1)C1N=C2C(c3ccccc3)CCN2N1. The van der Waals surface area contributed by atoms with Gasteiger partial charge in [0.25, 0.3) is 0 Å². The van der Waals surface area contributed by atoms with Gasteiger partial charge in [-0.25, -0.2) is 10.4 Å². The fourth-order valence-corrected chi connectivity index (χ4v) is 3.01. The van der Waals surface area contributed by atoms with Gasteiger partial charge in [-0.2, -0.15) is 0 Å². The molecule has 1 saturated carbocycles. The normalized spacial score (nSPS) is 29.3. The number of Topliss-reactive ketones (excluding diaryl/α,β-unsaturated/α-hetero) is 1. The van der Waals surface area contributed by atoms with Crippen molar-refractivity contribution in [3.05, 3.63) is 35.9 Å². The van der Waals surface area contributed by atoms with E-state index in [1.54, 1.807) is 0 Å². The molecule has 19 heavy (non-hydrogen) atoms. The Morgan fingerprint density at radius 2 is 2.00 bits per heavy atom. The first kappa shape index (κ1) is 11.2. The minimum atomic E-state index is -0.325. The number of nitrogens with one attached hydrogen (secondary N) is 1. The highest BCUT2D eigenvalue weighted by Crippen LogP contribution is 2.35. The molecule has 4 rings (SSSR count). The summed E-state index contributed by atoms with van der Waals surface area (Å²) in [6.07, 6.45) is 2.84. The Kier molecular flexibility index (Phi) is 2.45. The standard InChI is InChI=1S/C15H17N3O/c19-13(11-6-7-11)14-16-15-12(8-9-18(15)17-14)10-4-2-1-3-5-10/h1-5,11-12,14,17H,6-9H2. The molecule has 0 aromatic heterocycles. The number of fused-ring (bicyclic) bond motifs is 1. The number of hydrogen-bond acceptors (Lipinski definition) is 4. The van der Waals surface area contributed by atoms with Gasteiger partial charge in [0.1, 0.15) is 5.84 Å². The average Bonchev–Trinajstić information content (AvgIpc) is 3.09. The lowest BCUT2D eigenvalue weighted by atomic mass is 9.97. The van der Waals surface area contributed by atoms with Gasteiger partial charge in [-0.15, -0.1) is 0 Å². The van der Waals surface area contributed by atoms with Gasteiger partial charge >= 0.3 is 0 Å². The van der Waals surface area contributed by atoms with Gasteiger partial charge in [0, 0.05) is 18.4 Å². The van der Waals surface area contributed by atoms with E-state index in [1.165, 1.54) is 5.56 Å². The molecule has 2 atom stereocenters. The summed E-state index contributed by atoms with van der Waals surface area (Å²) in [6.45, 7) is 0.937. The lowest BCUT2D eigenvalue weighted by Crippen LogP contribution is -2.41. The molecule has 0 spiro atoms. The van der Waals surface area contributed by atoms with Crippen LogP contribution in [0.1, 0.15) is 30.7 Å². The predicted molar refractivity (Wildman–Crippen MR) is 72.6 cm³/mol. The Bertz CT molecular complexity index is 536. The van der Waals surface area contributed by atoms with E-state index in [0.29, 0.717) is 5.92 Å². The van der Waals surface area contributed by atoms with E-state index < -0.39 is 0 Å². The van der Waals surface area contributed by atoms with Crippen molar-refractivity contribution in [3.63, 3.8) is 0 Å². The van der Waals surface area contributed by atoms with Crippen LogP contribution in [0.4, 0.5) is 0 Å². The number of aliphatic imine (C=N–C) groups is 1. The van der Waals surface area contributed by atoms with Gasteiger partial charge < -0.3 is 0 Å². The van der Waals surface area contributed by atoms with Crippen molar-refractivity contribution in [2.24, 2.45) is 10.9 Å². The second-order valence-electron chi connectivity index (χ2n) is 5.60. The molecular formula is C15H17N3O. The molecule has 4 heteroatoms. The van der Waals surface area contributed by atoms with Gasteiger partial charge in [-0.1, -0.05) is 30.3 Å². The van der Waals surface area contributed by atoms with Gasteiger partial charge in [-0.3, -0.25) is 9.80 Å². The molecule has 2 fully saturated rings. The Balaban J connectivity index is 1.59. The third-order valence-electron chi connectivity index (χ3n) is 4.22. The van der Waals surface area contributed by atoms with Gasteiger partial charge in [0.05, 0.1) is 0 Å². The number of hydrogen-bond donors (Lipinski definition) is 1. The van der Waals surface area contributed by atoms with Crippen LogP contribution < -0.4 is 5.43 Å². The van der Waals surface area contributed by atoms with E-state index in [1.807, 2.05) is 6.07 Å². The summed E-state index contributed by atoms with van der Waals surface area (Å²) in [7, 11) is 0. The third-order valence-corrected chi connectivity index (χ3v) is 4.22. The molecule has 2 unspecified atom stereocenters. The third kappa shape index (κ3) is 1.87. The molecular weight excluding hydrogens is 238 g/mol. The lowest BCUT2D eigenvalue weighted by Gasteiger charge is -2.15. The Morgan fingerprint density at radius 3 is 2.74 bits per heavy atom. The molecule has 2 heterocycles. The number of carbonyl (C=O) groups is 1. The number of nitrogens with zero attached hydrogens (tertiary/aromatic N) is 2. The quantitative estimate of drug-likeness (QED) is 0.894. The smallest absolute Gasteiger partial charge is 0.177 e. The summed E-state index contributed by atoms with van der Waals surface area (Å²) in [4.78, 5) is 16.7. The van der Waals surface area contributed by atoms with Crippen molar-refractivity contribution >= 4 is 11.6 Å². The molecule has 1 saturated heterocycles. The lowest BCUT2D eigenvalue weighted by molar-refractivity contribution is -0.122. The molecule has 4 nitrogen and oxygen atoms in total. The van der Waals surface area contributed by atoms with Crippen LogP contribution >= 0.6 is 0 Å². The topological polar surface area (TPSA) is 44.7 Å². The fraction of sp³-hybridized carbons (Fsp3) is 0.467. The molecule has 1 aromatic rings. The molecule has 1 aromatic carbocycles. The fourth-order valence-electron chi connectivity index (χ4n) is 3.01. The summed E-state index contributed by atoms with van der Waals surface area (Å²) in [5.74, 6) is 1.92. The highest BCUT2D eigenvalue weighted by Gasteiger charge is 2.42. The zero-order chi connectivity index (χ0) is 12.8. The number of hydrazine groups is 1. The molecule has 98 valence electrons. The van der Waals surface area contributed by atoms with Gasteiger partial charge in [0.15, 0.2) is 11.9 Å². The van der Waals surface area contributed by atoms with Crippen LogP contribution in [0.25, 0.3) is 0 Å². The van der Waals surface area contributed by atoms with E-state index in [-0.39, 0.29) is 17.9 Å². The van der Waals surface area contributed by atoms with E-state index in [4.69, 9.17) is 0 Å². The highest BCUT2D eigenvalue weighted by molar-refractivity contribution is 5.97. The zero-order valence-electron chi connectivity index (χ0n) is 10.7. The maximum atomic E-state index is 12.1. The molecule has 0 bridgehead atoms. The summed E-state index contributed by atoms with van der Waals surface area (Å²) in [5, 5.41) is 2.07. The molecule has 2 aliphatic heterocycles. The van der Waals surface area contributed by atoms with Crippen LogP contribution in [0.15, 0.2) is 35.3 Å². The summed E-state index contributed by atoms with van der Waals surface area (Å²) in [5.41, 5.74) is 4.55. The first-order valence-corrected chi connectivity index (χ1v) is 7.03. The molecule has 3 aliphatic rings. The van der Waals surface area contributed by atoms with E-state index in [2.05, 4.69) is 39.7 Å². The van der Waals surface area contributed by atoms with Crippen LogP contribution in [-0.2, 0) is 4.79 Å². The number of rotatable bonds is 3. The van der Waals surface area contributed by atoms with Crippen LogP contribution in [-0.4, -0.2) is 29.3 Å². The maximum absolute atomic E-state index is 12.1. The molecule has 0 amide bonds. The second-order valence-corrected chi connectivity index (χ2v) is 5.60. The highest BCUT2D eigenvalue weighted by atomic mass is 16.1. The largest absolute Gasteiger partial charge is 0.295 e. The minimum Gasteiger partial charge on any atom is -0.295 e. The number of ketones is 1. The van der Waals surface area contributed by atoms with Crippen molar-refractivity contribution in [1.29, 1.82) is 0 Å². The average molecular weight is 255 g/mol. The molecule has 0 radical (unpaired) electrons. The Labute approximate surface area is 112 Å². The molecule has 1 aliphatic carbocycles. The summed E-state index contributed by atoms with van der Waals surface area (Å²) in [6, 6.07) is 10.4. The second kappa shape index (κ2) is 4.17. The Hall–Kier alpha value is -1.68. The van der Waals surface area contributed by atoms with Crippen LogP contribution in [0.2, 0.25) is 0 Å². The van der Waals surface area contributed by atoms with Crippen molar-refractivity contribution in [3.8, 4) is 0 Å². The van der Waals surface area contributed by atoms with Crippen molar-refractivity contribution in [1.82, 2.24) is 10.4 Å². The van der Waals surface area contributed by atoms with E-state index in [9.17, 15) is 4.79 Å². The maximum Gasteiger partial charge on any atom is 0.177 e. The monoisotopic (exact) mass is 255 g/mol. The summed E-state index contributed by atoms with van der Waals surface area (Å²) >= 11 is 0. The first-order valence-electron chi connectivity index (χ1n) is 7.03. The van der Waals surface area contributed by atoms with Gasteiger partial charge in [0.2, 0.25) is 0 Å². The van der Waals surface area contributed by atoms with Crippen LogP contribution in [0.3, 0.4) is 0 Å².